The predicted octanol–water partition coefficient (Wildman–Crippen LogP) is 5.35. The van der Waals surface area contributed by atoms with E-state index < -0.39 is 6.04 Å². The van der Waals surface area contributed by atoms with E-state index in [2.05, 4.69) is 22.4 Å². The summed E-state index contributed by atoms with van der Waals surface area (Å²) < 4.78 is 0. The van der Waals surface area contributed by atoms with Gasteiger partial charge in [0.05, 0.1) is 20.2 Å². The molecule has 0 N–H and O–H groups in total. The van der Waals surface area contributed by atoms with Crippen molar-refractivity contribution in [2.45, 2.75) is 26.3 Å². The van der Waals surface area contributed by atoms with Crippen molar-refractivity contribution in [3.63, 3.8) is 0 Å². The van der Waals surface area contributed by atoms with Crippen molar-refractivity contribution in [3.05, 3.63) is 32.8 Å². The number of Topliss-reactive ketones (excluding diaryl/α,β-unsaturated/α-hetero) is 1. The number of hydrogen-bond donors (Lipinski definition) is 0. The number of halogens is 3. The first-order valence-electron chi connectivity index (χ1n) is 5.62. The lowest BCUT2D eigenvalue weighted by molar-refractivity contribution is 0.0952. The number of benzene rings is 1. The Morgan fingerprint density at radius 1 is 1.32 bits per heavy atom. The first-order valence-corrected chi connectivity index (χ1v) is 7.16. The predicted molar refractivity (Wildman–Crippen MR) is 84.1 cm³/mol. The Labute approximate surface area is 132 Å². The monoisotopic (exact) mass is 335 g/mol. The summed E-state index contributed by atoms with van der Waals surface area (Å²) in [5, 5.41) is 2.98. The number of nitrogens with zero attached hydrogens (tertiary/aromatic N) is 1. The third-order valence-electron chi connectivity index (χ3n) is 2.47. The van der Waals surface area contributed by atoms with Gasteiger partial charge >= 0.3 is 0 Å². The summed E-state index contributed by atoms with van der Waals surface area (Å²) in [4.78, 5) is 16.3. The Morgan fingerprint density at radius 2 is 1.84 bits per heavy atom. The van der Waals surface area contributed by atoms with E-state index in [0.29, 0.717) is 17.9 Å². The van der Waals surface area contributed by atoms with Crippen LogP contribution in [0.3, 0.4) is 0 Å². The molecule has 1 atom stereocenters. The van der Waals surface area contributed by atoms with E-state index in [9.17, 15) is 4.79 Å². The number of thiocarbonyl (C=S) groups is 1. The van der Waals surface area contributed by atoms with E-state index in [4.69, 9.17) is 34.8 Å². The van der Waals surface area contributed by atoms with Crippen LogP contribution in [-0.4, -0.2) is 17.0 Å². The Balaban J connectivity index is 3.13. The molecule has 6 heteroatoms. The fourth-order valence-corrected chi connectivity index (χ4v) is 2.34. The van der Waals surface area contributed by atoms with Gasteiger partial charge in [0, 0.05) is 5.56 Å². The summed E-state index contributed by atoms with van der Waals surface area (Å²) in [6, 6.07) is 2.42. The summed E-state index contributed by atoms with van der Waals surface area (Å²) in [5.41, 5.74) is 0.374. The lowest BCUT2D eigenvalue weighted by Crippen LogP contribution is -2.20. The topological polar surface area (TPSA) is 29.4 Å². The zero-order valence-corrected chi connectivity index (χ0v) is 13.5. The van der Waals surface area contributed by atoms with Gasteiger partial charge in [0.15, 0.2) is 5.78 Å². The van der Waals surface area contributed by atoms with Crippen LogP contribution in [0.2, 0.25) is 15.1 Å². The molecule has 1 unspecified atom stereocenters. The van der Waals surface area contributed by atoms with Crippen molar-refractivity contribution in [2.24, 2.45) is 10.9 Å². The second kappa shape index (κ2) is 7.37. The SMILES string of the molecule is CC(C)CC(N=C=S)C(=O)c1cc(Cl)c(Cl)c(Cl)c1. The van der Waals surface area contributed by atoms with Crippen LogP contribution in [0.4, 0.5) is 0 Å². The van der Waals surface area contributed by atoms with Crippen LogP contribution in [-0.2, 0) is 0 Å². The minimum atomic E-state index is -0.564. The molecule has 19 heavy (non-hydrogen) atoms. The molecule has 0 radical (unpaired) electrons. The number of carbonyl (C=O) groups excluding carboxylic acids is 1. The van der Waals surface area contributed by atoms with Gasteiger partial charge in [0.1, 0.15) is 6.04 Å². The molecule has 0 spiro atoms. The molecular weight excluding hydrogens is 325 g/mol. The summed E-state index contributed by atoms with van der Waals surface area (Å²) in [5.74, 6) is 0.116. The third-order valence-corrected chi connectivity index (χ3v) is 3.78. The number of carbonyl (C=O) groups is 1. The molecule has 2 nitrogen and oxygen atoms in total. The first kappa shape index (κ1) is 16.6. The number of rotatable bonds is 5. The molecule has 102 valence electrons. The highest BCUT2D eigenvalue weighted by Gasteiger charge is 2.22. The van der Waals surface area contributed by atoms with Crippen LogP contribution in [0.15, 0.2) is 17.1 Å². The van der Waals surface area contributed by atoms with Gasteiger partial charge in [0.25, 0.3) is 0 Å². The molecule has 1 aromatic carbocycles. The number of aliphatic imine (C=N–C) groups is 1. The molecule has 0 aliphatic carbocycles. The quantitative estimate of drug-likeness (QED) is 0.314. The Morgan fingerprint density at radius 3 is 2.26 bits per heavy atom. The van der Waals surface area contributed by atoms with E-state index in [1.807, 2.05) is 13.8 Å². The van der Waals surface area contributed by atoms with Gasteiger partial charge in [-0.1, -0.05) is 48.7 Å². The van der Waals surface area contributed by atoms with Crippen LogP contribution >= 0.6 is 47.0 Å². The summed E-state index contributed by atoms with van der Waals surface area (Å²) in [7, 11) is 0. The lowest BCUT2D eigenvalue weighted by atomic mass is 9.96. The lowest BCUT2D eigenvalue weighted by Gasteiger charge is -2.13. The van der Waals surface area contributed by atoms with Gasteiger partial charge in [-0.25, -0.2) is 4.99 Å². The Bertz CT molecular complexity index is 516. The molecule has 1 rings (SSSR count). The van der Waals surface area contributed by atoms with E-state index in [1.54, 1.807) is 0 Å². The van der Waals surface area contributed by atoms with Gasteiger partial charge in [0.2, 0.25) is 0 Å². The molecule has 0 saturated carbocycles. The molecule has 0 heterocycles. The molecule has 0 aromatic heterocycles. The van der Waals surface area contributed by atoms with Crippen molar-refractivity contribution < 1.29 is 4.79 Å². The van der Waals surface area contributed by atoms with Crippen molar-refractivity contribution >= 4 is 58.0 Å². The maximum absolute atomic E-state index is 12.3. The average molecular weight is 337 g/mol. The molecule has 0 fully saturated rings. The van der Waals surface area contributed by atoms with Gasteiger partial charge in [-0.05, 0) is 36.7 Å². The average Bonchev–Trinajstić information content (AvgIpc) is 2.33. The number of isothiocyanates is 1. The minimum absolute atomic E-state index is 0.188. The Hall–Kier alpha value is -0.440. The van der Waals surface area contributed by atoms with Gasteiger partial charge in [-0.3, -0.25) is 4.79 Å². The fourth-order valence-electron chi connectivity index (χ4n) is 1.62. The van der Waals surface area contributed by atoms with Crippen molar-refractivity contribution in [1.29, 1.82) is 0 Å². The molecule has 0 aliphatic rings. The molecule has 0 aliphatic heterocycles. The highest BCUT2D eigenvalue weighted by atomic mass is 35.5. The maximum Gasteiger partial charge on any atom is 0.188 e. The van der Waals surface area contributed by atoms with Crippen molar-refractivity contribution in [2.75, 3.05) is 0 Å². The maximum atomic E-state index is 12.3. The summed E-state index contributed by atoms with van der Waals surface area (Å²) in [6.07, 6.45) is 0.584. The van der Waals surface area contributed by atoms with Gasteiger partial charge in [-0.2, -0.15) is 0 Å². The zero-order chi connectivity index (χ0) is 14.6. The highest BCUT2D eigenvalue weighted by Crippen LogP contribution is 2.32. The van der Waals surface area contributed by atoms with Crippen molar-refractivity contribution in [1.82, 2.24) is 0 Å². The van der Waals surface area contributed by atoms with Crippen LogP contribution in [0.1, 0.15) is 30.6 Å². The Kier molecular flexibility index (Phi) is 6.45. The largest absolute Gasteiger partial charge is 0.292 e. The van der Waals surface area contributed by atoms with Gasteiger partial charge in [-0.15, -0.1) is 0 Å². The fraction of sp³-hybridized carbons (Fsp3) is 0.385. The normalized spacial score (nSPS) is 12.1. The standard InChI is InChI=1S/C13H12Cl3NOS/c1-7(2)3-11(17-6-19)13(18)8-4-9(14)12(16)10(15)5-8/h4-5,7,11H,3H2,1-2H3. The van der Waals surface area contributed by atoms with E-state index in [0.717, 1.165) is 0 Å². The van der Waals surface area contributed by atoms with E-state index in [1.165, 1.54) is 12.1 Å². The number of ketones is 1. The first-order chi connectivity index (χ1) is 8.86. The second-order valence-electron chi connectivity index (χ2n) is 4.48. The molecule has 1 aromatic rings. The summed E-state index contributed by atoms with van der Waals surface area (Å²) in [6.45, 7) is 4.00. The molecule has 0 bridgehead atoms. The highest BCUT2D eigenvalue weighted by molar-refractivity contribution is 7.78. The summed E-state index contributed by atoms with van der Waals surface area (Å²) >= 11 is 22.3. The zero-order valence-electron chi connectivity index (χ0n) is 10.4. The minimum Gasteiger partial charge on any atom is -0.292 e. The second-order valence-corrected chi connectivity index (χ2v) is 5.86. The van der Waals surface area contributed by atoms with E-state index >= 15 is 0 Å². The van der Waals surface area contributed by atoms with Crippen LogP contribution < -0.4 is 0 Å². The van der Waals surface area contributed by atoms with Gasteiger partial charge < -0.3 is 0 Å². The van der Waals surface area contributed by atoms with Crippen LogP contribution in [0, 0.1) is 5.92 Å². The van der Waals surface area contributed by atoms with Crippen molar-refractivity contribution in [3.8, 4) is 0 Å². The van der Waals surface area contributed by atoms with Crippen LogP contribution in [0.5, 0.6) is 0 Å². The molecule has 0 amide bonds. The molecular formula is C13H12Cl3NOS. The third kappa shape index (κ3) is 4.55. The number of hydrogen-bond acceptors (Lipinski definition) is 3. The molecule has 0 saturated heterocycles. The smallest absolute Gasteiger partial charge is 0.188 e. The van der Waals surface area contributed by atoms with Crippen LogP contribution in [0.25, 0.3) is 0 Å². The van der Waals surface area contributed by atoms with E-state index in [-0.39, 0.29) is 20.9 Å².